The number of benzene rings is 1. The number of ether oxygens (including phenoxy) is 1. The maximum absolute atomic E-state index is 10.1. The molecule has 124 valence electrons. The van der Waals surface area contributed by atoms with Crippen molar-refractivity contribution in [3.63, 3.8) is 0 Å². The SMILES string of the molecule is CC=C(CC)Oc1ccc(-c2c(O)[nH]c(O)c2CC(C)C)cc1. The molecule has 4 nitrogen and oxygen atoms in total. The number of aromatic hydroxyl groups is 2. The minimum Gasteiger partial charge on any atom is -0.494 e. The van der Waals surface area contributed by atoms with Gasteiger partial charge in [0.15, 0.2) is 11.8 Å². The van der Waals surface area contributed by atoms with Crippen molar-refractivity contribution in [3.8, 4) is 28.6 Å². The van der Waals surface area contributed by atoms with Gasteiger partial charge in [-0.15, -0.1) is 0 Å². The van der Waals surface area contributed by atoms with E-state index in [1.807, 2.05) is 44.2 Å². The summed E-state index contributed by atoms with van der Waals surface area (Å²) >= 11 is 0. The number of allylic oxidation sites excluding steroid dienone is 2. The second kappa shape index (κ2) is 7.27. The Labute approximate surface area is 137 Å². The zero-order valence-corrected chi connectivity index (χ0v) is 14.2. The van der Waals surface area contributed by atoms with Gasteiger partial charge in [0.1, 0.15) is 5.75 Å². The second-order valence-electron chi connectivity index (χ2n) is 6.01. The van der Waals surface area contributed by atoms with Gasteiger partial charge in [0.25, 0.3) is 0 Å². The molecular formula is C19H25NO3. The van der Waals surface area contributed by atoms with Gasteiger partial charge in [-0.05, 0) is 43.0 Å². The van der Waals surface area contributed by atoms with Crippen molar-refractivity contribution in [1.29, 1.82) is 0 Å². The van der Waals surface area contributed by atoms with E-state index in [1.54, 1.807) is 0 Å². The summed E-state index contributed by atoms with van der Waals surface area (Å²) in [4.78, 5) is 2.62. The Kier molecular flexibility index (Phi) is 5.37. The van der Waals surface area contributed by atoms with Crippen LogP contribution in [0.25, 0.3) is 11.1 Å². The summed E-state index contributed by atoms with van der Waals surface area (Å²) in [6.07, 6.45) is 3.48. The van der Waals surface area contributed by atoms with Crippen molar-refractivity contribution < 1.29 is 14.9 Å². The fourth-order valence-electron chi connectivity index (χ4n) is 2.61. The van der Waals surface area contributed by atoms with Crippen LogP contribution < -0.4 is 4.74 Å². The van der Waals surface area contributed by atoms with E-state index in [-0.39, 0.29) is 11.8 Å². The van der Waals surface area contributed by atoms with Gasteiger partial charge in [0.2, 0.25) is 0 Å². The molecule has 0 amide bonds. The minimum atomic E-state index is -0.00507. The number of H-pyrrole nitrogens is 1. The van der Waals surface area contributed by atoms with E-state index in [2.05, 4.69) is 18.8 Å². The standard InChI is InChI=1S/C19H25NO3/c1-5-14(6-2)23-15-9-7-13(8-10-15)17-16(11-12(3)4)18(21)20-19(17)22/h5,7-10,12,20-22H,6,11H2,1-4H3. The zero-order chi connectivity index (χ0) is 17.0. The molecule has 0 bridgehead atoms. The maximum atomic E-state index is 10.1. The monoisotopic (exact) mass is 315 g/mol. The van der Waals surface area contributed by atoms with Crippen molar-refractivity contribution >= 4 is 0 Å². The molecule has 0 aliphatic heterocycles. The predicted molar refractivity (Wildman–Crippen MR) is 92.8 cm³/mol. The van der Waals surface area contributed by atoms with Gasteiger partial charge in [-0.1, -0.05) is 32.9 Å². The summed E-state index contributed by atoms with van der Waals surface area (Å²) in [6.45, 7) is 8.15. The van der Waals surface area contributed by atoms with E-state index in [4.69, 9.17) is 4.74 Å². The third kappa shape index (κ3) is 3.89. The van der Waals surface area contributed by atoms with Gasteiger partial charge in [-0.3, -0.25) is 4.98 Å². The highest BCUT2D eigenvalue weighted by Gasteiger charge is 2.19. The quantitative estimate of drug-likeness (QED) is 0.658. The van der Waals surface area contributed by atoms with Crippen LogP contribution in [-0.4, -0.2) is 15.2 Å². The molecule has 0 fully saturated rings. The molecule has 1 heterocycles. The molecule has 1 aromatic heterocycles. The molecule has 0 aliphatic carbocycles. The molecular weight excluding hydrogens is 290 g/mol. The molecule has 0 radical (unpaired) electrons. The van der Waals surface area contributed by atoms with Gasteiger partial charge >= 0.3 is 0 Å². The third-order valence-corrected chi connectivity index (χ3v) is 3.74. The Bertz CT molecular complexity index is 681. The Morgan fingerprint density at radius 1 is 1.17 bits per heavy atom. The summed E-state index contributed by atoms with van der Waals surface area (Å²) < 4.78 is 5.78. The van der Waals surface area contributed by atoms with Crippen molar-refractivity contribution in [2.24, 2.45) is 5.92 Å². The number of aromatic amines is 1. The van der Waals surface area contributed by atoms with Crippen LogP contribution >= 0.6 is 0 Å². The van der Waals surface area contributed by atoms with Crippen molar-refractivity contribution in [1.82, 2.24) is 4.98 Å². The van der Waals surface area contributed by atoms with E-state index < -0.39 is 0 Å². The lowest BCUT2D eigenvalue weighted by Gasteiger charge is -2.10. The van der Waals surface area contributed by atoms with Gasteiger partial charge < -0.3 is 14.9 Å². The Hall–Kier alpha value is -2.36. The molecule has 0 saturated heterocycles. The fraction of sp³-hybridized carbons (Fsp3) is 0.368. The summed E-state index contributed by atoms with van der Waals surface area (Å²) in [5.41, 5.74) is 2.25. The summed E-state index contributed by atoms with van der Waals surface area (Å²) in [7, 11) is 0. The van der Waals surface area contributed by atoms with Crippen LogP contribution in [0, 0.1) is 5.92 Å². The molecule has 3 N–H and O–H groups in total. The lowest BCUT2D eigenvalue weighted by Crippen LogP contribution is -1.95. The largest absolute Gasteiger partial charge is 0.494 e. The number of hydrogen-bond donors (Lipinski definition) is 3. The van der Waals surface area contributed by atoms with Gasteiger partial charge in [-0.25, -0.2) is 0 Å². The number of hydrogen-bond acceptors (Lipinski definition) is 3. The van der Waals surface area contributed by atoms with Crippen LogP contribution in [0.3, 0.4) is 0 Å². The third-order valence-electron chi connectivity index (χ3n) is 3.74. The van der Waals surface area contributed by atoms with Crippen LogP contribution in [0.15, 0.2) is 36.1 Å². The van der Waals surface area contributed by atoms with Crippen molar-refractivity contribution in [2.45, 2.75) is 40.5 Å². The highest BCUT2D eigenvalue weighted by molar-refractivity contribution is 5.75. The van der Waals surface area contributed by atoms with E-state index in [0.717, 1.165) is 29.1 Å². The smallest absolute Gasteiger partial charge is 0.199 e. The summed E-state index contributed by atoms with van der Waals surface area (Å²) in [6, 6.07) is 7.53. The zero-order valence-electron chi connectivity index (χ0n) is 14.2. The van der Waals surface area contributed by atoms with Gasteiger partial charge in [0.05, 0.1) is 11.3 Å². The minimum absolute atomic E-state index is 0.00507. The lowest BCUT2D eigenvalue weighted by molar-refractivity contribution is 0.408. The Morgan fingerprint density at radius 3 is 2.35 bits per heavy atom. The fourth-order valence-corrected chi connectivity index (χ4v) is 2.61. The number of aromatic nitrogens is 1. The molecule has 2 rings (SSSR count). The van der Waals surface area contributed by atoms with E-state index in [1.165, 1.54) is 0 Å². The Balaban J connectivity index is 2.33. The van der Waals surface area contributed by atoms with Gasteiger partial charge in [0, 0.05) is 12.0 Å². The highest BCUT2D eigenvalue weighted by Crippen LogP contribution is 2.39. The van der Waals surface area contributed by atoms with E-state index >= 15 is 0 Å². The predicted octanol–water partition coefficient (Wildman–Crippen LogP) is 4.98. The van der Waals surface area contributed by atoms with Gasteiger partial charge in [-0.2, -0.15) is 0 Å². The van der Waals surface area contributed by atoms with E-state index in [0.29, 0.717) is 17.9 Å². The topological polar surface area (TPSA) is 65.5 Å². The van der Waals surface area contributed by atoms with Crippen molar-refractivity contribution in [3.05, 3.63) is 41.7 Å². The first-order chi connectivity index (χ1) is 11.0. The first-order valence-electron chi connectivity index (χ1n) is 8.02. The average molecular weight is 315 g/mol. The highest BCUT2D eigenvalue weighted by atomic mass is 16.5. The van der Waals surface area contributed by atoms with Crippen molar-refractivity contribution in [2.75, 3.05) is 0 Å². The molecule has 0 atom stereocenters. The molecule has 1 aromatic carbocycles. The maximum Gasteiger partial charge on any atom is 0.199 e. The Morgan fingerprint density at radius 2 is 1.83 bits per heavy atom. The van der Waals surface area contributed by atoms with Crippen LogP contribution in [0.4, 0.5) is 0 Å². The molecule has 0 saturated carbocycles. The summed E-state index contributed by atoms with van der Waals surface area (Å²) in [5, 5.41) is 20.1. The molecule has 0 aliphatic rings. The van der Waals surface area contributed by atoms with Crippen LogP contribution in [-0.2, 0) is 6.42 Å². The van der Waals surface area contributed by atoms with E-state index in [9.17, 15) is 10.2 Å². The number of nitrogens with one attached hydrogen (secondary N) is 1. The molecule has 4 heteroatoms. The molecule has 23 heavy (non-hydrogen) atoms. The molecule has 2 aromatic rings. The first kappa shape index (κ1) is 17.0. The second-order valence-corrected chi connectivity index (χ2v) is 6.01. The van der Waals surface area contributed by atoms with Crippen LogP contribution in [0.5, 0.6) is 17.5 Å². The average Bonchev–Trinajstić information content (AvgIpc) is 2.79. The summed E-state index contributed by atoms with van der Waals surface area (Å²) in [5.74, 6) is 2.08. The normalized spacial score (nSPS) is 12.0. The van der Waals surface area contributed by atoms with Crippen LogP contribution in [0.2, 0.25) is 0 Å². The first-order valence-corrected chi connectivity index (χ1v) is 8.02. The lowest BCUT2D eigenvalue weighted by atomic mass is 9.97. The van der Waals surface area contributed by atoms with Crippen LogP contribution in [0.1, 0.15) is 39.7 Å². The molecule has 0 unspecified atom stereocenters. The molecule has 0 spiro atoms. The number of rotatable bonds is 6.